The largest absolute Gasteiger partial charge is 0.505 e. The number of nitrogens with one attached hydrogen (secondary N) is 1. The Morgan fingerprint density at radius 1 is 1.38 bits per heavy atom. The number of halogens is 2. The van der Waals surface area contributed by atoms with Crippen LogP contribution < -0.4 is 10.9 Å². The molecule has 1 atom stereocenters. The maximum atomic E-state index is 13.5. The van der Waals surface area contributed by atoms with E-state index in [4.69, 9.17) is 11.6 Å². The Morgan fingerprint density at radius 2 is 2.09 bits per heavy atom. The first-order valence-electron chi connectivity index (χ1n) is 10.0. The van der Waals surface area contributed by atoms with Crippen molar-refractivity contribution in [2.75, 3.05) is 20.1 Å². The van der Waals surface area contributed by atoms with E-state index in [0.29, 0.717) is 18.7 Å². The number of carbonyl (C=O) groups is 2. The van der Waals surface area contributed by atoms with Gasteiger partial charge in [-0.25, -0.2) is 9.07 Å². The molecule has 0 saturated heterocycles. The molecule has 1 aliphatic rings. The lowest BCUT2D eigenvalue weighted by Crippen LogP contribution is -2.42. The van der Waals surface area contributed by atoms with Gasteiger partial charge in [0.2, 0.25) is 0 Å². The van der Waals surface area contributed by atoms with Crippen LogP contribution >= 0.6 is 11.6 Å². The molecule has 11 heteroatoms. The van der Waals surface area contributed by atoms with Crippen molar-refractivity contribution >= 4 is 34.3 Å². The summed E-state index contributed by atoms with van der Waals surface area (Å²) in [7, 11) is 1.42. The second-order valence-corrected chi connectivity index (χ2v) is 8.03. The van der Waals surface area contributed by atoms with E-state index in [1.807, 2.05) is 13.8 Å². The fraction of sp³-hybridized carbons (Fsp3) is 0.333. The molecule has 168 valence electrons. The number of hydrogen-bond acceptors (Lipinski definition) is 5. The number of aromatic hydroxyl groups is 1. The highest BCUT2D eigenvalue weighted by Gasteiger charge is 2.37. The van der Waals surface area contributed by atoms with Gasteiger partial charge in [-0.3, -0.25) is 14.4 Å². The molecular formula is C21H21ClFN5O4. The van der Waals surface area contributed by atoms with Gasteiger partial charge in [-0.15, -0.1) is 0 Å². The lowest BCUT2D eigenvalue weighted by Gasteiger charge is -2.32. The summed E-state index contributed by atoms with van der Waals surface area (Å²) in [5, 5.41) is 17.4. The van der Waals surface area contributed by atoms with E-state index in [9.17, 15) is 23.9 Å². The van der Waals surface area contributed by atoms with Gasteiger partial charge in [-0.2, -0.15) is 5.10 Å². The molecule has 0 saturated carbocycles. The van der Waals surface area contributed by atoms with Crippen molar-refractivity contribution in [2.24, 2.45) is 0 Å². The molecule has 0 unspecified atom stereocenters. The van der Waals surface area contributed by atoms with Crippen LogP contribution in [0.25, 0.3) is 10.9 Å². The van der Waals surface area contributed by atoms with Crippen LogP contribution in [-0.4, -0.2) is 56.3 Å². The van der Waals surface area contributed by atoms with Crippen molar-refractivity contribution in [1.82, 2.24) is 24.6 Å². The smallest absolute Gasteiger partial charge is 0.280 e. The van der Waals surface area contributed by atoms with Crippen LogP contribution in [0.2, 0.25) is 5.02 Å². The molecular weight excluding hydrogens is 441 g/mol. The molecule has 1 aliphatic heterocycles. The summed E-state index contributed by atoms with van der Waals surface area (Å²) in [6.07, 6.45) is 0. The van der Waals surface area contributed by atoms with Crippen LogP contribution in [0.1, 0.15) is 46.4 Å². The van der Waals surface area contributed by atoms with Gasteiger partial charge < -0.3 is 19.9 Å². The van der Waals surface area contributed by atoms with Gasteiger partial charge in [-0.05, 0) is 31.5 Å². The average molecular weight is 462 g/mol. The van der Waals surface area contributed by atoms with Crippen LogP contribution in [0.3, 0.4) is 0 Å². The van der Waals surface area contributed by atoms with E-state index in [1.54, 1.807) is 4.90 Å². The molecule has 0 aliphatic carbocycles. The number of amides is 2. The van der Waals surface area contributed by atoms with Crippen molar-refractivity contribution in [3.8, 4) is 5.75 Å². The van der Waals surface area contributed by atoms with Gasteiger partial charge in [-0.1, -0.05) is 17.7 Å². The predicted octanol–water partition coefficient (Wildman–Crippen LogP) is 2.14. The van der Waals surface area contributed by atoms with Gasteiger partial charge in [0.25, 0.3) is 17.4 Å². The van der Waals surface area contributed by atoms with E-state index in [0.717, 1.165) is 10.7 Å². The maximum absolute atomic E-state index is 13.5. The first-order chi connectivity index (χ1) is 15.2. The van der Waals surface area contributed by atoms with Crippen molar-refractivity contribution in [3.05, 3.63) is 56.3 Å². The van der Waals surface area contributed by atoms with Gasteiger partial charge >= 0.3 is 0 Å². The average Bonchev–Trinajstić information content (AvgIpc) is 3.08. The van der Waals surface area contributed by atoms with E-state index < -0.39 is 28.9 Å². The van der Waals surface area contributed by atoms with Gasteiger partial charge in [0.05, 0.1) is 17.1 Å². The minimum Gasteiger partial charge on any atom is -0.505 e. The third kappa shape index (κ3) is 3.22. The van der Waals surface area contributed by atoms with Crippen LogP contribution in [0.5, 0.6) is 5.75 Å². The summed E-state index contributed by atoms with van der Waals surface area (Å²) in [6.45, 7) is 4.31. The zero-order valence-corrected chi connectivity index (χ0v) is 18.4. The molecule has 1 aromatic carbocycles. The third-order valence-electron chi connectivity index (χ3n) is 5.63. The number of carbonyl (C=O) groups excluding carboxylic acids is 2. The van der Waals surface area contributed by atoms with Crippen LogP contribution in [0, 0.1) is 5.82 Å². The Kier molecular flexibility index (Phi) is 5.41. The van der Waals surface area contributed by atoms with Gasteiger partial charge in [0.15, 0.2) is 17.1 Å². The minimum absolute atomic E-state index is 0.0489. The summed E-state index contributed by atoms with van der Waals surface area (Å²) >= 11 is 5.84. The van der Waals surface area contributed by atoms with E-state index in [-0.39, 0.29) is 39.9 Å². The molecule has 3 aromatic rings. The summed E-state index contributed by atoms with van der Waals surface area (Å²) in [5.41, 5.74) is -0.269. The number of nitrogens with zero attached hydrogens (tertiary/aromatic N) is 4. The molecule has 2 amide bonds. The maximum Gasteiger partial charge on any atom is 0.280 e. The molecule has 3 heterocycles. The van der Waals surface area contributed by atoms with Gasteiger partial charge in [0.1, 0.15) is 11.2 Å². The molecule has 0 spiro atoms. The number of likely N-dealkylation sites (N-methyl/N-ethyl adjacent to an activating group) is 1. The van der Waals surface area contributed by atoms with Crippen LogP contribution in [0.15, 0.2) is 23.0 Å². The van der Waals surface area contributed by atoms with Crippen molar-refractivity contribution in [3.63, 3.8) is 0 Å². The Balaban J connectivity index is 2.02. The third-order valence-corrected chi connectivity index (χ3v) is 5.92. The molecule has 0 bridgehead atoms. The van der Waals surface area contributed by atoms with Crippen molar-refractivity contribution < 1.29 is 19.1 Å². The van der Waals surface area contributed by atoms with Crippen molar-refractivity contribution in [2.45, 2.75) is 26.4 Å². The second-order valence-electron chi connectivity index (χ2n) is 7.62. The van der Waals surface area contributed by atoms with Crippen LogP contribution in [-0.2, 0) is 6.54 Å². The topological polar surface area (TPSA) is 109 Å². The number of hydrogen-bond donors (Lipinski definition) is 2. The first kappa shape index (κ1) is 21.8. The van der Waals surface area contributed by atoms with E-state index >= 15 is 0 Å². The SMILES string of the molecule is CCN1C[C@@H](C)n2c(c(O)c3c(=O)n(Cc4ccc(F)c(Cl)c4)nc(C(=O)NC)c32)C1=O. The number of rotatable bonds is 4. The highest BCUT2D eigenvalue weighted by atomic mass is 35.5. The quantitative estimate of drug-likeness (QED) is 0.618. The van der Waals surface area contributed by atoms with Gasteiger partial charge in [0, 0.05) is 26.2 Å². The number of fused-ring (bicyclic) bond motifs is 3. The molecule has 0 radical (unpaired) electrons. The summed E-state index contributed by atoms with van der Waals surface area (Å²) in [5.74, 6) is -2.11. The summed E-state index contributed by atoms with van der Waals surface area (Å²) in [4.78, 5) is 40.5. The standard InChI is InChI=1S/C21H21ClFN5O4/c1-4-26-8-10(2)28-16-14(18(29)17(28)21(26)32)20(31)27(25-15(16)19(30)24-3)9-11-5-6-13(23)12(22)7-11/h5-7,10,29H,4,8-9H2,1-3H3,(H,24,30)/t10-/m1/s1. The molecule has 32 heavy (non-hydrogen) atoms. The Hall–Kier alpha value is -3.40. The van der Waals surface area contributed by atoms with Crippen LogP contribution in [0.4, 0.5) is 4.39 Å². The van der Waals surface area contributed by atoms with E-state index in [2.05, 4.69) is 10.4 Å². The fourth-order valence-electron chi connectivity index (χ4n) is 4.10. The monoisotopic (exact) mass is 461 g/mol. The minimum atomic E-state index is -0.685. The zero-order valence-electron chi connectivity index (χ0n) is 17.6. The second kappa shape index (κ2) is 7.94. The Morgan fingerprint density at radius 3 is 2.72 bits per heavy atom. The highest BCUT2D eigenvalue weighted by molar-refractivity contribution is 6.30. The lowest BCUT2D eigenvalue weighted by atomic mass is 10.2. The number of aromatic nitrogens is 3. The predicted molar refractivity (Wildman–Crippen MR) is 116 cm³/mol. The Bertz CT molecular complexity index is 1330. The summed E-state index contributed by atoms with van der Waals surface area (Å²) < 4.78 is 16.0. The number of benzene rings is 1. The Labute approximate surface area is 187 Å². The van der Waals surface area contributed by atoms with Crippen molar-refractivity contribution in [1.29, 1.82) is 0 Å². The normalized spacial score (nSPS) is 15.8. The van der Waals surface area contributed by atoms with E-state index in [1.165, 1.54) is 23.7 Å². The molecule has 0 fully saturated rings. The zero-order chi connectivity index (χ0) is 23.3. The molecule has 4 rings (SSSR count). The molecule has 9 nitrogen and oxygen atoms in total. The lowest BCUT2D eigenvalue weighted by molar-refractivity contribution is 0.0685. The highest BCUT2D eigenvalue weighted by Crippen LogP contribution is 2.37. The molecule has 2 aromatic heterocycles. The molecule has 2 N–H and O–H groups in total. The first-order valence-corrected chi connectivity index (χ1v) is 10.4. The fourth-order valence-corrected chi connectivity index (χ4v) is 4.30. The summed E-state index contributed by atoms with van der Waals surface area (Å²) in [6, 6.07) is 3.65.